The van der Waals surface area contributed by atoms with Gasteiger partial charge in [-0.1, -0.05) is 41.5 Å². The van der Waals surface area contributed by atoms with Crippen LogP contribution in [0.3, 0.4) is 0 Å². The van der Waals surface area contributed by atoms with Gasteiger partial charge in [0, 0.05) is 11.6 Å². The van der Waals surface area contributed by atoms with Crippen LogP contribution < -0.4 is 5.32 Å². The minimum absolute atomic E-state index is 0.0742. The topological polar surface area (TPSA) is 102 Å². The lowest BCUT2D eigenvalue weighted by Crippen LogP contribution is -2.13. The van der Waals surface area contributed by atoms with E-state index in [0.29, 0.717) is 5.56 Å². The van der Waals surface area contributed by atoms with Crippen LogP contribution in [0.25, 0.3) is 17.5 Å². The molecule has 2 aromatic carbocycles. The number of benzene rings is 2. The fourth-order valence-electron chi connectivity index (χ4n) is 2.35. The van der Waals surface area contributed by atoms with Crippen molar-refractivity contribution in [3.05, 3.63) is 66.2 Å². The third-order valence-electron chi connectivity index (χ3n) is 3.91. The molecule has 0 aliphatic rings. The summed E-state index contributed by atoms with van der Waals surface area (Å²) in [5.41, 5.74) is 1.33. The molecule has 1 aromatic heterocycles. The second-order valence-electron chi connectivity index (χ2n) is 6.27. The molecule has 1 amide bonds. The van der Waals surface area contributed by atoms with Gasteiger partial charge in [-0.15, -0.1) is 5.10 Å². The van der Waals surface area contributed by atoms with Gasteiger partial charge in [0.05, 0.1) is 10.1 Å². The van der Waals surface area contributed by atoms with Gasteiger partial charge in [-0.2, -0.15) is 0 Å². The number of hydrogen-bond donors (Lipinski definition) is 1. The molecule has 3 rings (SSSR count). The van der Waals surface area contributed by atoms with Gasteiger partial charge in [0.15, 0.2) is 9.84 Å². The Labute approximate surface area is 163 Å². The zero-order chi connectivity index (χ0) is 20.1. The van der Waals surface area contributed by atoms with Crippen LogP contribution in [0, 0.1) is 0 Å². The highest BCUT2D eigenvalue weighted by molar-refractivity contribution is 7.92. The predicted octanol–water partition coefficient (Wildman–Crippen LogP) is 3.57. The van der Waals surface area contributed by atoms with E-state index in [4.69, 9.17) is 4.42 Å². The van der Waals surface area contributed by atoms with E-state index in [9.17, 15) is 13.2 Å². The maximum absolute atomic E-state index is 12.3. The second-order valence-corrected chi connectivity index (χ2v) is 8.77. The van der Waals surface area contributed by atoms with Gasteiger partial charge >= 0.3 is 6.01 Å². The molecular weight excluding hydrogens is 378 g/mol. The van der Waals surface area contributed by atoms with Crippen molar-refractivity contribution in [3.8, 4) is 11.5 Å². The zero-order valence-electron chi connectivity index (χ0n) is 15.4. The molecule has 3 aromatic rings. The zero-order valence-corrected chi connectivity index (χ0v) is 16.2. The minimum Gasteiger partial charge on any atom is -0.403 e. The first kappa shape index (κ1) is 19.5. The Bertz CT molecular complexity index is 1100. The molecule has 1 heterocycles. The molecule has 1 N–H and O–H groups in total. The largest absolute Gasteiger partial charge is 0.403 e. The fourth-order valence-corrected chi connectivity index (χ4v) is 3.46. The number of nitrogens with one attached hydrogen (secondary N) is 1. The van der Waals surface area contributed by atoms with Crippen molar-refractivity contribution in [1.82, 2.24) is 10.2 Å². The maximum Gasteiger partial charge on any atom is 0.322 e. The SMILES string of the molecule is CC(C)S(=O)(=O)c1cccc(-c2nnc(NC(=O)C=Cc3ccccc3)o2)c1. The average molecular weight is 397 g/mol. The summed E-state index contributed by atoms with van der Waals surface area (Å²) in [5.74, 6) is -0.307. The third kappa shape index (κ3) is 4.52. The molecule has 0 atom stereocenters. The number of aromatic nitrogens is 2. The first-order valence-electron chi connectivity index (χ1n) is 8.58. The van der Waals surface area contributed by atoms with E-state index in [2.05, 4.69) is 15.5 Å². The third-order valence-corrected chi connectivity index (χ3v) is 6.06. The van der Waals surface area contributed by atoms with Gasteiger partial charge in [-0.25, -0.2) is 8.42 Å². The van der Waals surface area contributed by atoms with Crippen molar-refractivity contribution < 1.29 is 17.6 Å². The molecule has 0 spiro atoms. The number of nitrogens with zero attached hydrogens (tertiary/aromatic N) is 2. The van der Waals surface area contributed by atoms with Crippen molar-refractivity contribution in [1.29, 1.82) is 0 Å². The molecule has 8 heteroatoms. The van der Waals surface area contributed by atoms with Crippen molar-refractivity contribution in [3.63, 3.8) is 0 Å². The van der Waals surface area contributed by atoms with Crippen molar-refractivity contribution in [2.24, 2.45) is 0 Å². The average Bonchev–Trinajstić information content (AvgIpc) is 3.15. The summed E-state index contributed by atoms with van der Waals surface area (Å²) in [7, 11) is -3.42. The van der Waals surface area contributed by atoms with Gasteiger partial charge in [0.1, 0.15) is 0 Å². The molecule has 0 radical (unpaired) electrons. The van der Waals surface area contributed by atoms with Crippen molar-refractivity contribution in [2.75, 3.05) is 5.32 Å². The van der Waals surface area contributed by atoms with Gasteiger partial charge in [-0.3, -0.25) is 10.1 Å². The van der Waals surface area contributed by atoms with Gasteiger partial charge in [-0.05, 0) is 43.7 Å². The maximum atomic E-state index is 12.3. The first-order chi connectivity index (χ1) is 13.4. The van der Waals surface area contributed by atoms with Crippen molar-refractivity contribution in [2.45, 2.75) is 24.0 Å². The van der Waals surface area contributed by atoms with Crippen LogP contribution in [0.1, 0.15) is 19.4 Å². The molecule has 0 saturated heterocycles. The molecule has 7 nitrogen and oxygen atoms in total. The van der Waals surface area contributed by atoms with Crippen LogP contribution in [0.15, 0.2) is 70.0 Å². The lowest BCUT2D eigenvalue weighted by Gasteiger charge is -2.08. The molecule has 144 valence electrons. The highest BCUT2D eigenvalue weighted by Crippen LogP contribution is 2.24. The minimum atomic E-state index is -3.42. The van der Waals surface area contributed by atoms with Crippen LogP contribution in [-0.2, 0) is 14.6 Å². The van der Waals surface area contributed by atoms with Gasteiger partial charge < -0.3 is 4.42 Å². The number of carbonyl (C=O) groups is 1. The molecule has 0 aliphatic carbocycles. The van der Waals surface area contributed by atoms with Gasteiger partial charge in [0.25, 0.3) is 5.91 Å². The van der Waals surface area contributed by atoms with Crippen LogP contribution in [0.5, 0.6) is 0 Å². The number of sulfone groups is 1. The van der Waals surface area contributed by atoms with E-state index in [-0.39, 0.29) is 16.8 Å². The molecule has 0 fully saturated rings. The summed E-state index contributed by atoms with van der Waals surface area (Å²) < 4.78 is 30.1. The van der Waals surface area contributed by atoms with Crippen LogP contribution in [-0.4, -0.2) is 29.8 Å². The Hall–Kier alpha value is -3.26. The monoisotopic (exact) mass is 397 g/mol. The van der Waals surface area contributed by atoms with E-state index < -0.39 is 21.0 Å². The quantitative estimate of drug-likeness (QED) is 0.638. The number of amides is 1. The molecule has 0 saturated carbocycles. The standard InChI is InChI=1S/C20H19N3O4S/c1-14(2)28(25,26)17-10-6-9-16(13-17)19-22-23-20(27-19)21-18(24)12-11-15-7-4-3-5-8-15/h3-14H,1-2H3,(H,21,23,24). The molecule has 0 unspecified atom stereocenters. The smallest absolute Gasteiger partial charge is 0.322 e. The summed E-state index contributed by atoms with van der Waals surface area (Å²) in [6.45, 7) is 3.23. The number of carbonyl (C=O) groups excluding carboxylic acids is 1. The van der Waals surface area contributed by atoms with Crippen molar-refractivity contribution >= 4 is 27.8 Å². The molecular formula is C20H19N3O4S. The van der Waals surface area contributed by atoms with E-state index in [1.54, 1.807) is 32.1 Å². The molecule has 28 heavy (non-hydrogen) atoms. The lowest BCUT2D eigenvalue weighted by molar-refractivity contribution is -0.112. The van der Waals surface area contributed by atoms with E-state index in [1.807, 2.05) is 30.3 Å². The number of hydrogen-bond acceptors (Lipinski definition) is 6. The van der Waals surface area contributed by atoms with Crippen LogP contribution >= 0.6 is 0 Å². The van der Waals surface area contributed by atoms with E-state index in [0.717, 1.165) is 5.56 Å². The highest BCUT2D eigenvalue weighted by Gasteiger charge is 2.20. The fraction of sp³-hybridized carbons (Fsp3) is 0.150. The highest BCUT2D eigenvalue weighted by atomic mass is 32.2. The Kier molecular flexibility index (Phi) is 5.70. The summed E-state index contributed by atoms with van der Waals surface area (Å²) in [6, 6.07) is 15.6. The predicted molar refractivity (Wildman–Crippen MR) is 106 cm³/mol. The van der Waals surface area contributed by atoms with Crippen LogP contribution in [0.2, 0.25) is 0 Å². The lowest BCUT2D eigenvalue weighted by atomic mass is 10.2. The molecule has 0 bridgehead atoms. The first-order valence-corrected chi connectivity index (χ1v) is 10.1. The Balaban J connectivity index is 1.74. The number of rotatable bonds is 6. The summed E-state index contributed by atoms with van der Waals surface area (Å²) in [5, 5.41) is 9.59. The molecule has 0 aliphatic heterocycles. The Morgan fingerprint density at radius 3 is 2.54 bits per heavy atom. The van der Waals surface area contributed by atoms with Gasteiger partial charge in [0.2, 0.25) is 5.89 Å². The summed E-state index contributed by atoms with van der Waals surface area (Å²) in [6.07, 6.45) is 3.02. The normalized spacial score (nSPS) is 11.8. The van der Waals surface area contributed by atoms with E-state index in [1.165, 1.54) is 18.2 Å². The second kappa shape index (κ2) is 8.18. The Morgan fingerprint density at radius 1 is 1.07 bits per heavy atom. The van der Waals surface area contributed by atoms with Crippen LogP contribution in [0.4, 0.5) is 6.01 Å². The van der Waals surface area contributed by atoms with E-state index >= 15 is 0 Å². The summed E-state index contributed by atoms with van der Waals surface area (Å²) in [4.78, 5) is 12.2. The number of anilines is 1. The Morgan fingerprint density at radius 2 is 1.82 bits per heavy atom. The summed E-state index contributed by atoms with van der Waals surface area (Å²) >= 11 is 0.